The maximum absolute atomic E-state index is 10.8. The van der Waals surface area contributed by atoms with E-state index in [-0.39, 0.29) is 11.9 Å². The number of carboxylic acids is 1. The van der Waals surface area contributed by atoms with Gasteiger partial charge in [0.2, 0.25) is 5.76 Å². The van der Waals surface area contributed by atoms with Crippen molar-refractivity contribution in [3.05, 3.63) is 35.6 Å². The van der Waals surface area contributed by atoms with Gasteiger partial charge in [-0.25, -0.2) is 4.79 Å². The number of hydrogen-bond donors (Lipinski definition) is 3. The monoisotopic (exact) mass is 275 g/mol. The number of nitrogens with one attached hydrogen (secondary N) is 1. The zero-order valence-electron chi connectivity index (χ0n) is 11.0. The quantitative estimate of drug-likeness (QED) is 0.751. The van der Waals surface area contributed by atoms with E-state index >= 15 is 0 Å². The largest absolute Gasteiger partial charge is 0.475 e. The molecule has 1 saturated carbocycles. The van der Waals surface area contributed by atoms with Crippen LogP contribution in [0.25, 0.3) is 11.0 Å². The van der Waals surface area contributed by atoms with Crippen molar-refractivity contribution >= 4 is 16.9 Å². The van der Waals surface area contributed by atoms with Crippen LogP contribution in [-0.2, 0) is 6.54 Å². The van der Waals surface area contributed by atoms with Crippen molar-refractivity contribution in [3.63, 3.8) is 0 Å². The zero-order valence-corrected chi connectivity index (χ0v) is 11.0. The molecule has 3 rings (SSSR count). The van der Waals surface area contributed by atoms with Crippen LogP contribution in [0.5, 0.6) is 0 Å². The Bertz CT molecular complexity index is 630. The van der Waals surface area contributed by atoms with Gasteiger partial charge in [0.1, 0.15) is 5.58 Å². The van der Waals surface area contributed by atoms with Gasteiger partial charge in [0, 0.05) is 18.5 Å². The van der Waals surface area contributed by atoms with Crippen molar-refractivity contribution in [2.75, 3.05) is 6.54 Å². The predicted molar refractivity (Wildman–Crippen MR) is 73.6 cm³/mol. The maximum atomic E-state index is 10.8. The van der Waals surface area contributed by atoms with Crippen LogP contribution in [0.1, 0.15) is 29.0 Å². The van der Waals surface area contributed by atoms with Crippen molar-refractivity contribution in [3.8, 4) is 0 Å². The minimum atomic E-state index is -1.06. The molecule has 5 heteroatoms. The van der Waals surface area contributed by atoms with E-state index in [9.17, 15) is 9.90 Å². The number of benzene rings is 1. The van der Waals surface area contributed by atoms with E-state index in [1.165, 1.54) is 6.07 Å². The van der Waals surface area contributed by atoms with E-state index in [0.29, 0.717) is 24.6 Å². The maximum Gasteiger partial charge on any atom is 0.371 e. The molecule has 1 unspecified atom stereocenters. The summed E-state index contributed by atoms with van der Waals surface area (Å²) in [5, 5.41) is 22.6. The lowest BCUT2D eigenvalue weighted by molar-refractivity contribution is 0.0665. The van der Waals surface area contributed by atoms with Crippen molar-refractivity contribution < 1.29 is 19.4 Å². The molecule has 20 heavy (non-hydrogen) atoms. The highest BCUT2D eigenvalue weighted by atomic mass is 16.4. The minimum Gasteiger partial charge on any atom is -0.475 e. The van der Waals surface area contributed by atoms with E-state index in [4.69, 9.17) is 9.52 Å². The van der Waals surface area contributed by atoms with Gasteiger partial charge in [-0.1, -0.05) is 6.07 Å². The van der Waals surface area contributed by atoms with Crippen LogP contribution in [0.4, 0.5) is 0 Å². The third-order valence-electron chi connectivity index (χ3n) is 3.64. The molecule has 1 aliphatic carbocycles. The van der Waals surface area contributed by atoms with Gasteiger partial charge < -0.3 is 19.9 Å². The molecule has 1 heterocycles. The van der Waals surface area contributed by atoms with Crippen molar-refractivity contribution in [1.29, 1.82) is 0 Å². The van der Waals surface area contributed by atoms with Gasteiger partial charge >= 0.3 is 5.97 Å². The summed E-state index contributed by atoms with van der Waals surface area (Å²) in [6, 6.07) is 7.10. The average molecular weight is 275 g/mol. The summed E-state index contributed by atoms with van der Waals surface area (Å²) in [5.74, 6) is -0.639. The molecule has 1 aliphatic rings. The first-order valence-electron chi connectivity index (χ1n) is 6.78. The minimum absolute atomic E-state index is 0.0470. The lowest BCUT2D eigenvalue weighted by Gasteiger charge is -2.10. The predicted octanol–water partition coefficient (Wildman–Crippen LogP) is 1.99. The number of aromatic carboxylic acids is 1. The Labute approximate surface area is 116 Å². The average Bonchev–Trinajstić information content (AvgIpc) is 3.18. The SMILES string of the molecule is O=C(O)c1cc2cc(CNCC(O)C3CC3)ccc2o1. The molecule has 106 valence electrons. The Morgan fingerprint density at radius 3 is 2.90 bits per heavy atom. The standard InChI is InChI=1S/C15H17NO4/c17-12(10-2-3-10)8-16-7-9-1-4-13-11(5-9)6-14(20-13)15(18)19/h1,4-6,10,12,16-17H,2-3,7-8H2,(H,18,19). The molecule has 1 fully saturated rings. The molecule has 1 atom stereocenters. The highest BCUT2D eigenvalue weighted by Gasteiger charge is 2.29. The fourth-order valence-electron chi connectivity index (χ4n) is 2.32. The molecule has 0 radical (unpaired) electrons. The summed E-state index contributed by atoms with van der Waals surface area (Å²) < 4.78 is 5.21. The molecular weight excluding hydrogens is 258 g/mol. The number of carboxylic acid groups (broad SMARTS) is 1. The van der Waals surface area contributed by atoms with Gasteiger partial charge in [-0.2, -0.15) is 0 Å². The van der Waals surface area contributed by atoms with Gasteiger partial charge in [-0.15, -0.1) is 0 Å². The van der Waals surface area contributed by atoms with Gasteiger partial charge in [0.15, 0.2) is 0 Å². The number of fused-ring (bicyclic) bond motifs is 1. The lowest BCUT2D eigenvalue weighted by atomic mass is 10.1. The Balaban J connectivity index is 1.64. The normalized spacial score (nSPS) is 16.4. The van der Waals surface area contributed by atoms with E-state index in [0.717, 1.165) is 23.8 Å². The van der Waals surface area contributed by atoms with E-state index in [1.807, 2.05) is 12.1 Å². The zero-order chi connectivity index (χ0) is 14.1. The number of aliphatic hydroxyl groups excluding tert-OH is 1. The highest BCUT2D eigenvalue weighted by Crippen LogP contribution is 2.32. The topological polar surface area (TPSA) is 82.7 Å². The van der Waals surface area contributed by atoms with E-state index in [2.05, 4.69) is 5.32 Å². The molecule has 3 N–H and O–H groups in total. The highest BCUT2D eigenvalue weighted by molar-refractivity contribution is 5.91. The molecule has 0 amide bonds. The Hall–Kier alpha value is -1.85. The van der Waals surface area contributed by atoms with Crippen LogP contribution >= 0.6 is 0 Å². The van der Waals surface area contributed by atoms with Gasteiger partial charge in [0.25, 0.3) is 0 Å². The molecule has 0 aliphatic heterocycles. The van der Waals surface area contributed by atoms with Gasteiger partial charge in [-0.05, 0) is 42.5 Å². The summed E-state index contributed by atoms with van der Waals surface area (Å²) in [4.78, 5) is 10.8. The van der Waals surface area contributed by atoms with E-state index in [1.54, 1.807) is 6.07 Å². The number of aliphatic hydroxyl groups is 1. The summed E-state index contributed by atoms with van der Waals surface area (Å²) in [6.07, 6.45) is 2.00. The van der Waals surface area contributed by atoms with Crippen LogP contribution in [0.2, 0.25) is 0 Å². The van der Waals surface area contributed by atoms with Crippen LogP contribution in [0.3, 0.4) is 0 Å². The van der Waals surface area contributed by atoms with Crippen molar-refractivity contribution in [1.82, 2.24) is 5.32 Å². The Morgan fingerprint density at radius 1 is 1.40 bits per heavy atom. The second-order valence-corrected chi connectivity index (χ2v) is 5.32. The number of carbonyl (C=O) groups is 1. The van der Waals surface area contributed by atoms with Gasteiger partial charge in [-0.3, -0.25) is 0 Å². The van der Waals surface area contributed by atoms with Crippen LogP contribution in [-0.4, -0.2) is 28.8 Å². The second-order valence-electron chi connectivity index (χ2n) is 5.32. The number of hydrogen-bond acceptors (Lipinski definition) is 4. The molecule has 1 aromatic carbocycles. The van der Waals surface area contributed by atoms with Crippen LogP contribution in [0, 0.1) is 5.92 Å². The first kappa shape index (κ1) is 13.1. The number of furan rings is 1. The Morgan fingerprint density at radius 2 is 2.20 bits per heavy atom. The third kappa shape index (κ3) is 2.84. The fourth-order valence-corrected chi connectivity index (χ4v) is 2.32. The molecule has 2 aromatic rings. The second kappa shape index (κ2) is 5.26. The van der Waals surface area contributed by atoms with Crippen LogP contribution in [0.15, 0.2) is 28.7 Å². The molecule has 5 nitrogen and oxygen atoms in total. The molecule has 0 bridgehead atoms. The number of rotatable bonds is 6. The summed E-state index contributed by atoms with van der Waals surface area (Å²) in [5.41, 5.74) is 1.61. The third-order valence-corrected chi connectivity index (χ3v) is 3.64. The molecule has 1 aromatic heterocycles. The molecule has 0 spiro atoms. The van der Waals surface area contributed by atoms with E-state index < -0.39 is 5.97 Å². The molecular formula is C15H17NO4. The first-order valence-corrected chi connectivity index (χ1v) is 6.78. The summed E-state index contributed by atoms with van der Waals surface area (Å²) in [6.45, 7) is 1.24. The van der Waals surface area contributed by atoms with Gasteiger partial charge in [0.05, 0.1) is 6.10 Å². The molecule has 0 saturated heterocycles. The first-order chi connectivity index (χ1) is 9.63. The smallest absolute Gasteiger partial charge is 0.371 e. The fraction of sp³-hybridized carbons (Fsp3) is 0.400. The summed E-state index contributed by atoms with van der Waals surface area (Å²) in [7, 11) is 0. The van der Waals surface area contributed by atoms with Crippen molar-refractivity contribution in [2.45, 2.75) is 25.5 Å². The Kier molecular flexibility index (Phi) is 3.46. The van der Waals surface area contributed by atoms with Crippen molar-refractivity contribution in [2.24, 2.45) is 5.92 Å². The summed E-state index contributed by atoms with van der Waals surface area (Å²) >= 11 is 0. The van der Waals surface area contributed by atoms with Crippen LogP contribution < -0.4 is 5.32 Å². The lowest BCUT2D eigenvalue weighted by Crippen LogP contribution is -2.27.